The van der Waals surface area contributed by atoms with Crippen molar-refractivity contribution in [2.45, 2.75) is 44.0 Å². The van der Waals surface area contributed by atoms with Gasteiger partial charge in [-0.05, 0) is 44.0 Å². The maximum atomic E-state index is 12.1. The highest BCUT2D eigenvalue weighted by Crippen LogP contribution is 2.20. The van der Waals surface area contributed by atoms with Crippen molar-refractivity contribution in [1.29, 1.82) is 0 Å². The Kier molecular flexibility index (Phi) is 5.97. The summed E-state index contributed by atoms with van der Waals surface area (Å²) in [5.41, 5.74) is 1.17. The van der Waals surface area contributed by atoms with Crippen LogP contribution in [0.15, 0.2) is 29.2 Å². The van der Waals surface area contributed by atoms with Crippen LogP contribution in [0, 0.1) is 0 Å². The molecule has 1 rings (SSSR count). The van der Waals surface area contributed by atoms with E-state index in [9.17, 15) is 8.42 Å². The number of rotatable bonds is 7. The molecule has 0 amide bonds. The fraction of sp³-hybridized carbons (Fsp3) is 0.571. The topological polar surface area (TPSA) is 58.2 Å². The van der Waals surface area contributed by atoms with E-state index in [0.717, 1.165) is 6.42 Å². The zero-order chi connectivity index (χ0) is 14.5. The summed E-state index contributed by atoms with van der Waals surface area (Å²) in [7, 11) is -1.60. The lowest BCUT2D eigenvalue weighted by molar-refractivity contribution is 0.554. The molecule has 0 aliphatic rings. The molecule has 0 aliphatic carbocycles. The number of hydrogen-bond donors (Lipinski definition) is 2. The van der Waals surface area contributed by atoms with E-state index in [1.165, 1.54) is 5.56 Å². The first-order valence-electron chi connectivity index (χ1n) is 6.67. The summed E-state index contributed by atoms with van der Waals surface area (Å²) in [4.78, 5) is 0.322. The predicted octanol–water partition coefficient (Wildman–Crippen LogP) is 2.09. The van der Waals surface area contributed by atoms with Gasteiger partial charge in [-0.25, -0.2) is 13.1 Å². The Bertz CT molecular complexity index is 483. The lowest BCUT2D eigenvalue weighted by atomic mass is 9.99. The summed E-state index contributed by atoms with van der Waals surface area (Å²) >= 11 is 0. The van der Waals surface area contributed by atoms with Crippen molar-refractivity contribution >= 4 is 10.0 Å². The molecular formula is C14H24N2O2S. The molecule has 0 saturated carbocycles. The van der Waals surface area contributed by atoms with E-state index in [-0.39, 0.29) is 6.04 Å². The second kappa shape index (κ2) is 7.03. The lowest BCUT2D eigenvalue weighted by Crippen LogP contribution is -2.37. The molecule has 0 fully saturated rings. The molecular weight excluding hydrogens is 260 g/mol. The third kappa shape index (κ3) is 4.60. The summed E-state index contributed by atoms with van der Waals surface area (Å²) in [6.07, 6.45) is 1.05. The first kappa shape index (κ1) is 16.1. The number of likely N-dealkylation sites (N-methyl/N-ethyl adjacent to an activating group) is 1. The van der Waals surface area contributed by atoms with Crippen LogP contribution in [0.2, 0.25) is 0 Å². The molecule has 1 aromatic carbocycles. The fourth-order valence-electron chi connectivity index (χ4n) is 1.63. The highest BCUT2D eigenvalue weighted by Gasteiger charge is 2.15. The van der Waals surface area contributed by atoms with Gasteiger partial charge in [0.15, 0.2) is 0 Å². The van der Waals surface area contributed by atoms with Crippen molar-refractivity contribution in [3.63, 3.8) is 0 Å². The molecule has 0 saturated heterocycles. The Morgan fingerprint density at radius 3 is 2.21 bits per heavy atom. The second-order valence-corrected chi connectivity index (χ2v) is 6.69. The summed E-state index contributed by atoms with van der Waals surface area (Å²) in [6, 6.07) is 7.24. The van der Waals surface area contributed by atoms with Crippen LogP contribution in [0.4, 0.5) is 0 Å². The van der Waals surface area contributed by atoms with E-state index >= 15 is 0 Å². The quantitative estimate of drug-likeness (QED) is 0.806. The van der Waals surface area contributed by atoms with Crippen molar-refractivity contribution in [3.8, 4) is 0 Å². The summed E-state index contributed by atoms with van der Waals surface area (Å²) < 4.78 is 26.7. The molecule has 0 aromatic heterocycles. The molecule has 0 bridgehead atoms. The smallest absolute Gasteiger partial charge is 0.240 e. The zero-order valence-corrected chi connectivity index (χ0v) is 12.9. The number of hydrogen-bond acceptors (Lipinski definition) is 3. The maximum absolute atomic E-state index is 12.1. The van der Waals surface area contributed by atoms with Crippen LogP contribution in [0.3, 0.4) is 0 Å². The Hall–Kier alpha value is -0.910. The maximum Gasteiger partial charge on any atom is 0.240 e. The Labute approximate surface area is 116 Å². The summed E-state index contributed by atoms with van der Waals surface area (Å²) in [6.45, 7) is 6.56. The van der Waals surface area contributed by atoms with Crippen LogP contribution in [-0.2, 0) is 10.0 Å². The van der Waals surface area contributed by atoms with E-state index < -0.39 is 10.0 Å². The predicted molar refractivity (Wildman–Crippen MR) is 78.9 cm³/mol. The van der Waals surface area contributed by atoms with Gasteiger partial charge in [0.05, 0.1) is 4.90 Å². The molecule has 2 unspecified atom stereocenters. The SMILES string of the molecule is CCC(C)c1ccc(S(=O)(=O)NCC(C)NC)cc1. The van der Waals surface area contributed by atoms with Gasteiger partial charge in [-0.2, -0.15) is 0 Å². The molecule has 0 aliphatic heterocycles. The van der Waals surface area contributed by atoms with Crippen LogP contribution < -0.4 is 10.0 Å². The van der Waals surface area contributed by atoms with Crippen molar-refractivity contribution in [2.24, 2.45) is 0 Å². The van der Waals surface area contributed by atoms with Crippen molar-refractivity contribution in [2.75, 3.05) is 13.6 Å². The first-order valence-corrected chi connectivity index (χ1v) is 8.16. The van der Waals surface area contributed by atoms with Crippen LogP contribution in [0.1, 0.15) is 38.7 Å². The van der Waals surface area contributed by atoms with Crippen LogP contribution in [0.25, 0.3) is 0 Å². The minimum atomic E-state index is -3.40. The number of benzene rings is 1. The van der Waals surface area contributed by atoms with Gasteiger partial charge in [-0.3, -0.25) is 0 Å². The second-order valence-electron chi connectivity index (χ2n) is 4.92. The van der Waals surface area contributed by atoms with Crippen LogP contribution in [0.5, 0.6) is 0 Å². The average molecular weight is 284 g/mol. The molecule has 4 nitrogen and oxygen atoms in total. The summed E-state index contributed by atoms with van der Waals surface area (Å²) in [5, 5.41) is 2.99. The zero-order valence-electron chi connectivity index (χ0n) is 12.1. The normalized spacial score (nSPS) is 15.2. The van der Waals surface area contributed by atoms with Gasteiger partial charge >= 0.3 is 0 Å². The third-order valence-corrected chi connectivity index (χ3v) is 4.88. The average Bonchev–Trinajstić information content (AvgIpc) is 2.44. The van der Waals surface area contributed by atoms with Crippen molar-refractivity contribution in [3.05, 3.63) is 29.8 Å². The monoisotopic (exact) mass is 284 g/mol. The molecule has 2 N–H and O–H groups in total. The van der Waals surface area contributed by atoms with E-state index in [1.54, 1.807) is 19.2 Å². The fourth-order valence-corrected chi connectivity index (χ4v) is 2.76. The molecule has 5 heteroatoms. The van der Waals surface area contributed by atoms with Gasteiger partial charge < -0.3 is 5.32 Å². The summed E-state index contributed by atoms with van der Waals surface area (Å²) in [5.74, 6) is 0.453. The Morgan fingerprint density at radius 2 is 1.74 bits per heavy atom. The van der Waals surface area contributed by atoms with Crippen molar-refractivity contribution < 1.29 is 8.42 Å². The van der Waals surface area contributed by atoms with Gasteiger partial charge in [0.25, 0.3) is 0 Å². The van der Waals surface area contributed by atoms with Crippen LogP contribution in [-0.4, -0.2) is 28.1 Å². The minimum Gasteiger partial charge on any atom is -0.316 e. The Balaban J connectivity index is 2.79. The molecule has 19 heavy (non-hydrogen) atoms. The minimum absolute atomic E-state index is 0.106. The largest absolute Gasteiger partial charge is 0.316 e. The lowest BCUT2D eigenvalue weighted by Gasteiger charge is -2.13. The third-order valence-electron chi connectivity index (χ3n) is 3.44. The van der Waals surface area contributed by atoms with Gasteiger partial charge in [-0.1, -0.05) is 26.0 Å². The van der Waals surface area contributed by atoms with E-state index in [4.69, 9.17) is 0 Å². The Morgan fingerprint density at radius 1 is 1.16 bits per heavy atom. The van der Waals surface area contributed by atoms with Crippen molar-refractivity contribution in [1.82, 2.24) is 10.0 Å². The van der Waals surface area contributed by atoms with Gasteiger partial charge in [-0.15, -0.1) is 0 Å². The van der Waals surface area contributed by atoms with E-state index in [2.05, 4.69) is 23.9 Å². The molecule has 0 radical (unpaired) electrons. The van der Waals surface area contributed by atoms with Gasteiger partial charge in [0.1, 0.15) is 0 Å². The van der Waals surface area contributed by atoms with Crippen LogP contribution >= 0.6 is 0 Å². The molecule has 1 aromatic rings. The van der Waals surface area contributed by atoms with Gasteiger partial charge in [0, 0.05) is 12.6 Å². The van der Waals surface area contributed by atoms with E-state index in [1.807, 2.05) is 19.1 Å². The number of sulfonamides is 1. The highest BCUT2D eigenvalue weighted by molar-refractivity contribution is 7.89. The highest BCUT2D eigenvalue weighted by atomic mass is 32.2. The first-order chi connectivity index (χ1) is 8.90. The standard InChI is InChI=1S/C14H24N2O2S/c1-5-11(2)13-6-8-14(9-7-13)19(17,18)16-10-12(3)15-4/h6-9,11-12,15-16H,5,10H2,1-4H3. The molecule has 2 atom stereocenters. The molecule has 0 spiro atoms. The molecule has 0 heterocycles. The number of nitrogens with one attached hydrogen (secondary N) is 2. The van der Waals surface area contributed by atoms with Gasteiger partial charge in [0.2, 0.25) is 10.0 Å². The molecule has 108 valence electrons. The van der Waals surface area contributed by atoms with E-state index in [0.29, 0.717) is 17.4 Å².